The zero-order chi connectivity index (χ0) is 14.4. The molecular formula is C16H16ClNO2. The molecule has 2 aromatic rings. The van der Waals surface area contributed by atoms with E-state index >= 15 is 0 Å². The Kier molecular flexibility index (Phi) is 5.02. The summed E-state index contributed by atoms with van der Waals surface area (Å²) in [4.78, 5) is 11.8. The minimum atomic E-state index is -0.130. The summed E-state index contributed by atoms with van der Waals surface area (Å²) in [5.41, 5.74) is 1.67. The molecule has 0 atom stereocenters. The first-order valence-electron chi connectivity index (χ1n) is 6.39. The van der Waals surface area contributed by atoms with E-state index in [2.05, 4.69) is 5.32 Å². The number of para-hydroxylation sites is 1. The lowest BCUT2D eigenvalue weighted by Crippen LogP contribution is -2.28. The molecular weight excluding hydrogens is 274 g/mol. The quantitative estimate of drug-likeness (QED) is 0.856. The zero-order valence-electron chi connectivity index (χ0n) is 11.2. The third kappa shape index (κ3) is 4.00. The molecule has 1 amide bonds. The fourth-order valence-corrected chi connectivity index (χ4v) is 1.87. The van der Waals surface area contributed by atoms with Crippen LogP contribution in [0.25, 0.3) is 0 Å². The van der Waals surface area contributed by atoms with Gasteiger partial charge in [0.2, 0.25) is 0 Å². The highest BCUT2D eigenvalue weighted by atomic mass is 35.5. The number of halogens is 1. The van der Waals surface area contributed by atoms with Crippen molar-refractivity contribution in [3.05, 3.63) is 64.7 Å². The van der Waals surface area contributed by atoms with Crippen molar-refractivity contribution in [2.45, 2.75) is 6.92 Å². The lowest BCUT2D eigenvalue weighted by atomic mass is 10.2. The lowest BCUT2D eigenvalue weighted by molar-refractivity contribution is 0.0947. The minimum absolute atomic E-state index is 0.130. The molecule has 0 saturated heterocycles. The second-order valence-electron chi connectivity index (χ2n) is 4.38. The maximum absolute atomic E-state index is 11.8. The topological polar surface area (TPSA) is 38.3 Å². The number of hydrogen-bond acceptors (Lipinski definition) is 2. The number of nitrogens with one attached hydrogen (secondary N) is 1. The molecule has 0 aliphatic rings. The van der Waals surface area contributed by atoms with Gasteiger partial charge in [0.05, 0.1) is 6.54 Å². The highest BCUT2D eigenvalue weighted by molar-refractivity contribution is 6.30. The Morgan fingerprint density at radius 3 is 2.55 bits per heavy atom. The van der Waals surface area contributed by atoms with Crippen LogP contribution in [0.1, 0.15) is 15.9 Å². The molecule has 3 nitrogen and oxygen atoms in total. The molecule has 0 aliphatic heterocycles. The Morgan fingerprint density at radius 1 is 1.15 bits per heavy atom. The molecule has 2 rings (SSSR count). The first kappa shape index (κ1) is 14.4. The predicted molar refractivity (Wildman–Crippen MR) is 80.5 cm³/mol. The van der Waals surface area contributed by atoms with Crippen LogP contribution in [0.5, 0.6) is 5.75 Å². The van der Waals surface area contributed by atoms with Crippen molar-refractivity contribution >= 4 is 17.5 Å². The second-order valence-corrected chi connectivity index (χ2v) is 4.81. The monoisotopic (exact) mass is 289 g/mol. The normalized spacial score (nSPS) is 10.1. The largest absolute Gasteiger partial charge is 0.491 e. The van der Waals surface area contributed by atoms with Gasteiger partial charge in [0.15, 0.2) is 0 Å². The highest BCUT2D eigenvalue weighted by Crippen LogP contribution is 2.15. The molecule has 0 aliphatic carbocycles. The summed E-state index contributed by atoms with van der Waals surface area (Å²) in [7, 11) is 0. The maximum Gasteiger partial charge on any atom is 0.251 e. The van der Waals surface area contributed by atoms with Crippen LogP contribution in [0.4, 0.5) is 0 Å². The van der Waals surface area contributed by atoms with E-state index in [-0.39, 0.29) is 5.91 Å². The van der Waals surface area contributed by atoms with Crippen molar-refractivity contribution in [1.29, 1.82) is 0 Å². The van der Waals surface area contributed by atoms with Crippen molar-refractivity contribution in [2.75, 3.05) is 13.2 Å². The molecule has 0 saturated carbocycles. The summed E-state index contributed by atoms with van der Waals surface area (Å²) < 4.78 is 5.61. The minimum Gasteiger partial charge on any atom is -0.491 e. The number of carbonyl (C=O) groups is 1. The fraction of sp³-hybridized carbons (Fsp3) is 0.188. The molecule has 0 heterocycles. The summed E-state index contributed by atoms with van der Waals surface area (Å²) >= 11 is 5.77. The molecule has 4 heteroatoms. The number of aryl methyl sites for hydroxylation is 1. The molecule has 104 valence electrons. The van der Waals surface area contributed by atoms with Crippen LogP contribution in [0.15, 0.2) is 48.5 Å². The Hall–Kier alpha value is -2.00. The third-order valence-corrected chi connectivity index (χ3v) is 3.10. The van der Waals surface area contributed by atoms with Crippen molar-refractivity contribution < 1.29 is 9.53 Å². The van der Waals surface area contributed by atoms with E-state index in [1.165, 1.54) is 0 Å². The zero-order valence-corrected chi connectivity index (χ0v) is 12.0. The molecule has 20 heavy (non-hydrogen) atoms. The number of benzene rings is 2. The maximum atomic E-state index is 11.8. The summed E-state index contributed by atoms with van der Waals surface area (Å²) in [5, 5.41) is 3.42. The van der Waals surface area contributed by atoms with E-state index in [9.17, 15) is 4.79 Å². The van der Waals surface area contributed by atoms with Gasteiger partial charge in [-0.2, -0.15) is 0 Å². The van der Waals surface area contributed by atoms with E-state index in [1.54, 1.807) is 24.3 Å². The van der Waals surface area contributed by atoms with Crippen LogP contribution in [-0.4, -0.2) is 19.1 Å². The van der Waals surface area contributed by atoms with Gasteiger partial charge in [-0.3, -0.25) is 4.79 Å². The van der Waals surface area contributed by atoms with Gasteiger partial charge >= 0.3 is 0 Å². The van der Waals surface area contributed by atoms with Crippen molar-refractivity contribution in [3.8, 4) is 5.75 Å². The number of ether oxygens (including phenoxy) is 1. The van der Waals surface area contributed by atoms with Crippen LogP contribution < -0.4 is 10.1 Å². The van der Waals surface area contributed by atoms with Crippen LogP contribution in [-0.2, 0) is 0 Å². The molecule has 0 aromatic heterocycles. The van der Waals surface area contributed by atoms with Crippen LogP contribution in [0.2, 0.25) is 5.02 Å². The van der Waals surface area contributed by atoms with Crippen molar-refractivity contribution in [2.24, 2.45) is 0 Å². The first-order chi connectivity index (χ1) is 9.66. The van der Waals surface area contributed by atoms with Gasteiger partial charge in [0.1, 0.15) is 12.4 Å². The van der Waals surface area contributed by atoms with E-state index < -0.39 is 0 Å². The summed E-state index contributed by atoms with van der Waals surface area (Å²) in [6, 6.07) is 14.6. The summed E-state index contributed by atoms with van der Waals surface area (Å²) in [5.74, 6) is 0.711. The van der Waals surface area contributed by atoms with Crippen molar-refractivity contribution in [3.63, 3.8) is 0 Å². The van der Waals surface area contributed by atoms with E-state index in [1.807, 2.05) is 31.2 Å². The predicted octanol–water partition coefficient (Wildman–Crippen LogP) is 3.46. The molecule has 2 aromatic carbocycles. The number of carbonyl (C=O) groups excluding carboxylic acids is 1. The Bertz CT molecular complexity index is 581. The summed E-state index contributed by atoms with van der Waals surface area (Å²) in [6.07, 6.45) is 0. The van der Waals surface area contributed by atoms with Gasteiger partial charge in [-0.25, -0.2) is 0 Å². The van der Waals surface area contributed by atoms with Gasteiger partial charge in [-0.05, 0) is 42.8 Å². The SMILES string of the molecule is Cc1ccccc1OCCNC(=O)c1ccc(Cl)cc1. The number of rotatable bonds is 5. The average molecular weight is 290 g/mol. The smallest absolute Gasteiger partial charge is 0.251 e. The molecule has 0 bridgehead atoms. The number of amides is 1. The summed E-state index contributed by atoms with van der Waals surface area (Å²) in [6.45, 7) is 2.88. The molecule has 0 unspecified atom stereocenters. The third-order valence-electron chi connectivity index (χ3n) is 2.85. The average Bonchev–Trinajstić information content (AvgIpc) is 2.46. The van der Waals surface area contributed by atoms with Crippen LogP contribution >= 0.6 is 11.6 Å². The van der Waals surface area contributed by atoms with Crippen molar-refractivity contribution in [1.82, 2.24) is 5.32 Å². The Labute approximate surface area is 123 Å². The Balaban J connectivity index is 1.77. The van der Waals surface area contributed by atoms with Gasteiger partial charge in [0, 0.05) is 10.6 Å². The number of hydrogen-bond donors (Lipinski definition) is 1. The molecule has 1 N–H and O–H groups in total. The first-order valence-corrected chi connectivity index (χ1v) is 6.77. The van der Waals surface area contributed by atoms with E-state index in [4.69, 9.17) is 16.3 Å². The fourth-order valence-electron chi connectivity index (χ4n) is 1.75. The molecule has 0 radical (unpaired) electrons. The van der Waals surface area contributed by atoms with Gasteiger partial charge in [-0.15, -0.1) is 0 Å². The molecule has 0 fully saturated rings. The van der Waals surface area contributed by atoms with Gasteiger partial charge in [0.25, 0.3) is 5.91 Å². The van der Waals surface area contributed by atoms with Gasteiger partial charge < -0.3 is 10.1 Å². The van der Waals surface area contributed by atoms with Crippen LogP contribution in [0, 0.1) is 6.92 Å². The van der Waals surface area contributed by atoms with E-state index in [0.717, 1.165) is 11.3 Å². The standard InChI is InChI=1S/C16H16ClNO2/c1-12-4-2-3-5-15(12)20-11-10-18-16(19)13-6-8-14(17)9-7-13/h2-9H,10-11H2,1H3,(H,18,19). The Morgan fingerprint density at radius 2 is 1.85 bits per heavy atom. The van der Waals surface area contributed by atoms with Gasteiger partial charge in [-0.1, -0.05) is 29.8 Å². The second kappa shape index (κ2) is 6.96. The van der Waals surface area contributed by atoms with E-state index in [0.29, 0.717) is 23.7 Å². The lowest BCUT2D eigenvalue weighted by Gasteiger charge is -2.09. The molecule has 0 spiro atoms. The van der Waals surface area contributed by atoms with Crippen LogP contribution in [0.3, 0.4) is 0 Å². The highest BCUT2D eigenvalue weighted by Gasteiger charge is 2.04.